The number of ether oxygens (including phenoxy) is 2. The molecule has 5 heteroatoms. The summed E-state index contributed by atoms with van der Waals surface area (Å²) < 4.78 is 15.9. The number of aromatic nitrogens is 1. The maximum atomic E-state index is 5.53. The topological polar surface area (TPSA) is 70.5 Å². The number of nitrogens with zero attached hydrogens (tertiary/aromatic N) is 1. The minimum Gasteiger partial charge on any atom is -0.486 e. The monoisotopic (exact) mass is 232 g/mol. The van der Waals surface area contributed by atoms with Crippen molar-refractivity contribution in [3.05, 3.63) is 23.8 Å². The van der Waals surface area contributed by atoms with Gasteiger partial charge in [-0.2, -0.15) is 0 Å². The zero-order chi connectivity index (χ0) is 11.8. The van der Waals surface area contributed by atoms with Crippen LogP contribution in [0.25, 0.3) is 11.3 Å². The van der Waals surface area contributed by atoms with Crippen LogP contribution in [0.1, 0.15) is 5.56 Å². The second-order valence-corrected chi connectivity index (χ2v) is 3.93. The number of nitrogens with two attached hydrogens (primary N) is 1. The third kappa shape index (κ3) is 1.69. The Morgan fingerprint density at radius 2 is 1.82 bits per heavy atom. The molecule has 0 saturated carbocycles. The van der Waals surface area contributed by atoms with Crippen LogP contribution in [0.3, 0.4) is 0 Å². The van der Waals surface area contributed by atoms with Crippen molar-refractivity contribution < 1.29 is 14.0 Å². The molecular formula is C12H12N2O3. The van der Waals surface area contributed by atoms with Gasteiger partial charge in [-0.1, -0.05) is 5.16 Å². The van der Waals surface area contributed by atoms with E-state index in [1.165, 1.54) is 0 Å². The van der Waals surface area contributed by atoms with Crippen LogP contribution in [0, 0.1) is 6.92 Å². The highest BCUT2D eigenvalue weighted by molar-refractivity contribution is 5.69. The molecular weight excluding hydrogens is 220 g/mol. The summed E-state index contributed by atoms with van der Waals surface area (Å²) in [5.74, 6) is 1.81. The molecule has 1 aliphatic rings. The smallest absolute Gasteiger partial charge is 0.222 e. The highest BCUT2D eigenvalue weighted by Crippen LogP contribution is 2.37. The van der Waals surface area contributed by atoms with E-state index < -0.39 is 0 Å². The van der Waals surface area contributed by atoms with Gasteiger partial charge in [-0.15, -0.1) is 0 Å². The normalized spacial score (nSPS) is 13.7. The fourth-order valence-corrected chi connectivity index (χ4v) is 1.88. The van der Waals surface area contributed by atoms with Crippen LogP contribution in [0.4, 0.5) is 5.88 Å². The molecule has 17 heavy (non-hydrogen) atoms. The minimum absolute atomic E-state index is 0.300. The van der Waals surface area contributed by atoms with E-state index in [0.717, 1.165) is 22.6 Å². The van der Waals surface area contributed by atoms with Crippen molar-refractivity contribution in [3.8, 4) is 22.8 Å². The Morgan fingerprint density at radius 1 is 1.12 bits per heavy atom. The summed E-state index contributed by atoms with van der Waals surface area (Å²) in [6, 6.07) is 5.54. The molecule has 88 valence electrons. The molecule has 0 bridgehead atoms. The van der Waals surface area contributed by atoms with E-state index in [1.807, 2.05) is 19.1 Å². The van der Waals surface area contributed by atoms with Crippen molar-refractivity contribution >= 4 is 5.88 Å². The number of hydrogen-bond donors (Lipinski definition) is 1. The molecule has 1 aliphatic heterocycles. The van der Waals surface area contributed by atoms with Crippen molar-refractivity contribution in [1.82, 2.24) is 5.16 Å². The van der Waals surface area contributed by atoms with Gasteiger partial charge in [-0.25, -0.2) is 0 Å². The summed E-state index contributed by atoms with van der Waals surface area (Å²) in [6.45, 7) is 3.14. The van der Waals surface area contributed by atoms with E-state index >= 15 is 0 Å². The Kier molecular flexibility index (Phi) is 2.18. The van der Waals surface area contributed by atoms with Gasteiger partial charge in [0, 0.05) is 11.6 Å². The fourth-order valence-electron chi connectivity index (χ4n) is 1.88. The number of benzene rings is 1. The third-order valence-corrected chi connectivity index (χ3v) is 2.69. The summed E-state index contributed by atoms with van der Waals surface area (Å²) in [6.07, 6.45) is 0. The number of fused-ring (bicyclic) bond motifs is 1. The molecule has 2 aromatic rings. The Morgan fingerprint density at radius 3 is 2.47 bits per heavy atom. The third-order valence-electron chi connectivity index (χ3n) is 2.69. The molecule has 0 atom stereocenters. The lowest BCUT2D eigenvalue weighted by molar-refractivity contribution is 0.171. The Balaban J connectivity index is 2.11. The largest absolute Gasteiger partial charge is 0.486 e. The average Bonchev–Trinajstić information content (AvgIpc) is 2.75. The van der Waals surface area contributed by atoms with E-state index in [0.29, 0.717) is 24.8 Å². The van der Waals surface area contributed by atoms with Crippen LogP contribution in [0.15, 0.2) is 22.7 Å². The zero-order valence-electron chi connectivity index (χ0n) is 9.40. The molecule has 1 aromatic heterocycles. The van der Waals surface area contributed by atoms with Crippen LogP contribution in [-0.4, -0.2) is 18.4 Å². The second kappa shape index (κ2) is 3.69. The van der Waals surface area contributed by atoms with Crippen LogP contribution in [0.2, 0.25) is 0 Å². The van der Waals surface area contributed by atoms with Crippen molar-refractivity contribution in [2.45, 2.75) is 6.92 Å². The molecule has 0 fully saturated rings. The van der Waals surface area contributed by atoms with Gasteiger partial charge in [0.05, 0.1) is 0 Å². The average molecular weight is 232 g/mol. The fraction of sp³-hybridized carbons (Fsp3) is 0.250. The Hall–Kier alpha value is -2.17. The van der Waals surface area contributed by atoms with Gasteiger partial charge in [-0.3, -0.25) is 0 Å². The van der Waals surface area contributed by atoms with Gasteiger partial charge in [0.2, 0.25) is 5.88 Å². The van der Waals surface area contributed by atoms with Gasteiger partial charge in [-0.05, 0) is 24.6 Å². The summed E-state index contributed by atoms with van der Waals surface area (Å²) in [7, 11) is 0. The molecule has 0 aliphatic carbocycles. The first-order valence-electron chi connectivity index (χ1n) is 5.37. The van der Waals surface area contributed by atoms with E-state index in [9.17, 15) is 0 Å². The molecule has 2 heterocycles. The van der Waals surface area contributed by atoms with Crippen molar-refractivity contribution in [1.29, 1.82) is 0 Å². The lowest BCUT2D eigenvalue weighted by Gasteiger charge is -2.19. The Labute approximate surface area is 98.1 Å². The zero-order valence-corrected chi connectivity index (χ0v) is 9.40. The Bertz CT molecular complexity index is 563. The van der Waals surface area contributed by atoms with Gasteiger partial charge in [0.25, 0.3) is 0 Å². The molecule has 0 unspecified atom stereocenters. The highest BCUT2D eigenvalue weighted by atomic mass is 16.6. The van der Waals surface area contributed by atoms with Gasteiger partial charge in [0.15, 0.2) is 11.5 Å². The molecule has 1 aromatic carbocycles. The van der Waals surface area contributed by atoms with Crippen LogP contribution >= 0.6 is 0 Å². The number of aryl methyl sites for hydroxylation is 1. The van der Waals surface area contributed by atoms with E-state index in [4.69, 9.17) is 19.7 Å². The van der Waals surface area contributed by atoms with Crippen LogP contribution in [0.5, 0.6) is 11.5 Å². The summed E-state index contributed by atoms with van der Waals surface area (Å²) in [5, 5.41) is 3.90. The predicted octanol–water partition coefficient (Wildman–Crippen LogP) is 2.00. The minimum atomic E-state index is 0.300. The molecule has 0 radical (unpaired) electrons. The first-order valence-corrected chi connectivity index (χ1v) is 5.37. The quantitative estimate of drug-likeness (QED) is 0.814. The van der Waals surface area contributed by atoms with Crippen molar-refractivity contribution in [2.24, 2.45) is 0 Å². The molecule has 0 spiro atoms. The standard InChI is InChI=1S/C12H12N2O3/c1-7-4-10-11(16-3-2-15-10)5-8(7)9-6-12(13)17-14-9/h4-6H,2-3,13H2,1H3. The summed E-state index contributed by atoms with van der Waals surface area (Å²) in [5.41, 5.74) is 8.21. The maximum Gasteiger partial charge on any atom is 0.222 e. The first-order chi connectivity index (χ1) is 8.24. The molecule has 5 nitrogen and oxygen atoms in total. The van der Waals surface area contributed by atoms with Gasteiger partial charge < -0.3 is 19.7 Å². The second-order valence-electron chi connectivity index (χ2n) is 3.93. The van der Waals surface area contributed by atoms with Crippen molar-refractivity contribution in [3.63, 3.8) is 0 Å². The highest BCUT2D eigenvalue weighted by Gasteiger charge is 2.16. The predicted molar refractivity (Wildman–Crippen MR) is 62.1 cm³/mol. The van der Waals surface area contributed by atoms with E-state index in [2.05, 4.69) is 5.16 Å². The molecule has 0 saturated heterocycles. The van der Waals surface area contributed by atoms with Gasteiger partial charge in [0.1, 0.15) is 18.9 Å². The number of hydrogen-bond acceptors (Lipinski definition) is 5. The van der Waals surface area contributed by atoms with E-state index in [1.54, 1.807) is 6.07 Å². The van der Waals surface area contributed by atoms with Crippen molar-refractivity contribution in [2.75, 3.05) is 18.9 Å². The lowest BCUT2D eigenvalue weighted by Crippen LogP contribution is -2.15. The number of anilines is 1. The molecule has 3 rings (SSSR count). The van der Waals surface area contributed by atoms with E-state index in [-0.39, 0.29) is 0 Å². The summed E-state index contributed by atoms with van der Waals surface area (Å²) in [4.78, 5) is 0. The lowest BCUT2D eigenvalue weighted by atomic mass is 10.0. The summed E-state index contributed by atoms with van der Waals surface area (Å²) >= 11 is 0. The van der Waals surface area contributed by atoms with Gasteiger partial charge >= 0.3 is 0 Å². The SMILES string of the molecule is Cc1cc2c(cc1-c1cc(N)on1)OCCO2. The number of nitrogen functional groups attached to an aromatic ring is 1. The van der Waals surface area contributed by atoms with Crippen LogP contribution in [-0.2, 0) is 0 Å². The maximum absolute atomic E-state index is 5.53. The first kappa shape index (κ1) is 10.0. The van der Waals surface area contributed by atoms with Crippen LogP contribution < -0.4 is 15.2 Å². The number of rotatable bonds is 1. The molecule has 0 amide bonds. The molecule has 2 N–H and O–H groups in total.